The third-order valence-corrected chi connectivity index (χ3v) is 9.05. The van der Waals surface area contributed by atoms with Crippen molar-refractivity contribution in [1.29, 1.82) is 0 Å². The molecule has 0 bridgehead atoms. The van der Waals surface area contributed by atoms with Crippen molar-refractivity contribution in [3.8, 4) is 5.75 Å². The lowest BCUT2D eigenvalue weighted by Crippen LogP contribution is -2.49. The lowest BCUT2D eigenvalue weighted by Gasteiger charge is -2.49. The van der Waals surface area contributed by atoms with E-state index < -0.39 is 64.7 Å². The fourth-order valence-electron chi connectivity index (χ4n) is 7.16. The van der Waals surface area contributed by atoms with E-state index in [-0.39, 0.29) is 18.6 Å². The third-order valence-electron chi connectivity index (χ3n) is 8.81. The van der Waals surface area contributed by atoms with Crippen LogP contribution in [0.25, 0.3) is 0 Å². The molecule has 2 aliphatic heterocycles. The number of anilines is 1. The quantitative estimate of drug-likeness (QED) is 0.448. The van der Waals surface area contributed by atoms with Gasteiger partial charge in [0, 0.05) is 16.5 Å². The van der Waals surface area contributed by atoms with E-state index in [0.29, 0.717) is 26.7 Å². The molecule has 0 spiro atoms. The van der Waals surface area contributed by atoms with E-state index in [4.69, 9.17) is 17.3 Å². The maximum absolute atomic E-state index is 14.2. The highest BCUT2D eigenvalue weighted by molar-refractivity contribution is 6.30. The van der Waals surface area contributed by atoms with Crippen LogP contribution in [0.3, 0.4) is 0 Å². The maximum atomic E-state index is 14.2. The molecule has 0 radical (unpaired) electrons. The van der Waals surface area contributed by atoms with Gasteiger partial charge in [0.15, 0.2) is 0 Å². The molecule has 3 fully saturated rings. The molecule has 10 heteroatoms. The summed E-state index contributed by atoms with van der Waals surface area (Å²) in [6, 6.07) is 12.0. The van der Waals surface area contributed by atoms with E-state index >= 15 is 0 Å². The molecule has 0 aromatic heterocycles. The van der Waals surface area contributed by atoms with Crippen LogP contribution in [0.4, 0.5) is 10.5 Å². The second-order valence-electron chi connectivity index (χ2n) is 10.6. The minimum atomic E-state index is -1.31. The molecule has 2 aromatic carbocycles. The van der Waals surface area contributed by atoms with Crippen molar-refractivity contribution in [3.05, 3.63) is 70.8 Å². The number of phenols is 1. The first kappa shape index (κ1) is 24.4. The number of phenolic OH excluding ortho intramolecular Hbond substituents is 1. The molecule has 6 rings (SSSR count). The van der Waals surface area contributed by atoms with E-state index in [0.717, 1.165) is 0 Å². The monoisotopic (exact) mass is 533 g/mol. The average molecular weight is 534 g/mol. The Morgan fingerprint density at radius 3 is 2.42 bits per heavy atom. The summed E-state index contributed by atoms with van der Waals surface area (Å²) in [6.45, 7) is 1.71. The first-order valence-electron chi connectivity index (χ1n) is 12.4. The maximum Gasteiger partial charge on any atom is 0.328 e. The summed E-state index contributed by atoms with van der Waals surface area (Å²) in [4.78, 5) is 68.0. The number of aromatic hydroxyl groups is 1. The van der Waals surface area contributed by atoms with Crippen LogP contribution in [0.2, 0.25) is 5.02 Å². The number of hydrogen-bond acceptors (Lipinski definition) is 6. The second kappa shape index (κ2) is 8.26. The van der Waals surface area contributed by atoms with Crippen molar-refractivity contribution in [1.82, 2.24) is 4.90 Å². The number of nitrogens with zero attached hydrogens (tertiary/aromatic N) is 2. The van der Waals surface area contributed by atoms with Crippen LogP contribution in [0.5, 0.6) is 5.75 Å². The van der Waals surface area contributed by atoms with Crippen LogP contribution >= 0.6 is 11.6 Å². The molecule has 2 heterocycles. The van der Waals surface area contributed by atoms with E-state index in [1.54, 1.807) is 43.3 Å². The van der Waals surface area contributed by atoms with Crippen molar-refractivity contribution < 1.29 is 29.1 Å². The van der Waals surface area contributed by atoms with Gasteiger partial charge in [0.2, 0.25) is 23.6 Å². The first-order chi connectivity index (χ1) is 18.1. The van der Waals surface area contributed by atoms with Gasteiger partial charge in [0.05, 0.1) is 28.9 Å². The first-order valence-corrected chi connectivity index (χ1v) is 12.7. The van der Waals surface area contributed by atoms with Crippen molar-refractivity contribution in [3.63, 3.8) is 0 Å². The van der Waals surface area contributed by atoms with Crippen LogP contribution in [-0.2, 0) is 19.2 Å². The average Bonchev–Trinajstić information content (AvgIpc) is 3.26. The van der Waals surface area contributed by atoms with Gasteiger partial charge in [-0.15, -0.1) is 0 Å². The Labute approximate surface area is 222 Å². The summed E-state index contributed by atoms with van der Waals surface area (Å²) in [5, 5.41) is 11.3. The predicted octanol–water partition coefficient (Wildman–Crippen LogP) is 3.36. The Morgan fingerprint density at radius 1 is 1.03 bits per heavy atom. The standard InChI is InChI=1S/C28H24ClN3O6/c1-28-19(24(35)31(26(28)37)14-5-3-2-4-6-14)12-17-15(22(28)18-11-13(29)7-10-20(18)33)8-9-16-21(17)25(36)32(23(16)34)27(30)38/h2-8,10-11,16-17,19,21-22,33H,9,12H2,1H3,(H2,30,38). The number of para-hydroxylation sites is 1. The highest BCUT2D eigenvalue weighted by Crippen LogP contribution is 2.64. The molecule has 194 valence electrons. The molecule has 38 heavy (non-hydrogen) atoms. The third kappa shape index (κ3) is 3.08. The van der Waals surface area contributed by atoms with Gasteiger partial charge in [-0.3, -0.25) is 19.2 Å². The van der Waals surface area contributed by atoms with Crippen LogP contribution < -0.4 is 10.6 Å². The minimum absolute atomic E-state index is 0.103. The van der Waals surface area contributed by atoms with Gasteiger partial charge >= 0.3 is 6.03 Å². The molecule has 2 aliphatic carbocycles. The topological polar surface area (TPSA) is 138 Å². The lowest BCUT2D eigenvalue weighted by molar-refractivity contribution is -0.136. The number of imide groups is 4. The number of hydrogen-bond donors (Lipinski definition) is 2. The highest BCUT2D eigenvalue weighted by atomic mass is 35.5. The number of rotatable bonds is 2. The van der Waals surface area contributed by atoms with Crippen LogP contribution in [0, 0.1) is 29.1 Å². The fourth-order valence-corrected chi connectivity index (χ4v) is 7.34. The number of amides is 6. The summed E-state index contributed by atoms with van der Waals surface area (Å²) in [5.74, 6) is -6.27. The highest BCUT2D eigenvalue weighted by Gasteiger charge is 2.68. The van der Waals surface area contributed by atoms with Crippen LogP contribution in [0.1, 0.15) is 31.2 Å². The molecule has 2 aromatic rings. The van der Waals surface area contributed by atoms with Crippen molar-refractivity contribution in [2.45, 2.75) is 25.7 Å². The smallest absolute Gasteiger partial charge is 0.328 e. The molecule has 1 saturated carbocycles. The van der Waals surface area contributed by atoms with Crippen LogP contribution in [-0.4, -0.2) is 39.7 Å². The summed E-state index contributed by atoms with van der Waals surface area (Å²) < 4.78 is 0. The zero-order chi connectivity index (χ0) is 27.1. The molecule has 3 N–H and O–H groups in total. The van der Waals surface area contributed by atoms with Gasteiger partial charge in [0.1, 0.15) is 5.75 Å². The number of nitrogens with two attached hydrogens (primary N) is 1. The summed E-state index contributed by atoms with van der Waals surface area (Å²) >= 11 is 6.32. The van der Waals surface area contributed by atoms with Crippen molar-refractivity contribution in [2.75, 3.05) is 4.90 Å². The van der Waals surface area contributed by atoms with Gasteiger partial charge in [0.25, 0.3) is 0 Å². The van der Waals surface area contributed by atoms with Crippen molar-refractivity contribution in [2.24, 2.45) is 34.8 Å². The number of benzene rings is 2. The Bertz CT molecular complexity index is 1470. The molecule has 6 atom stereocenters. The van der Waals surface area contributed by atoms with E-state index in [9.17, 15) is 29.1 Å². The number of carbonyl (C=O) groups is 5. The molecule has 6 unspecified atom stereocenters. The van der Waals surface area contributed by atoms with Crippen LogP contribution in [0.15, 0.2) is 60.2 Å². The predicted molar refractivity (Wildman–Crippen MR) is 136 cm³/mol. The number of allylic oxidation sites excluding steroid dienone is 2. The van der Waals surface area contributed by atoms with Gasteiger partial charge in [-0.2, -0.15) is 4.90 Å². The Balaban J connectivity index is 1.55. The summed E-state index contributed by atoms with van der Waals surface area (Å²) in [7, 11) is 0. The lowest BCUT2D eigenvalue weighted by atomic mass is 9.51. The molecular weight excluding hydrogens is 510 g/mol. The van der Waals surface area contributed by atoms with Gasteiger partial charge in [-0.05, 0) is 56.0 Å². The number of carbonyl (C=O) groups excluding carboxylic acids is 5. The zero-order valence-corrected chi connectivity index (χ0v) is 21.1. The van der Waals surface area contributed by atoms with Gasteiger partial charge < -0.3 is 10.8 Å². The Hall–Kier alpha value is -3.98. The molecule has 2 saturated heterocycles. The second-order valence-corrected chi connectivity index (χ2v) is 11.0. The van der Waals surface area contributed by atoms with E-state index in [1.807, 2.05) is 6.08 Å². The van der Waals surface area contributed by atoms with Crippen molar-refractivity contribution >= 4 is 46.9 Å². The SMILES string of the molecule is CC12C(=O)N(c3ccccc3)C(=O)C1CC1C(=CCC3C(=O)N(C(N)=O)C(=O)C31)C2c1cc(Cl)ccc1O. The summed E-state index contributed by atoms with van der Waals surface area (Å²) in [5.41, 5.74) is 5.51. The number of fused-ring (bicyclic) bond motifs is 4. The van der Waals surface area contributed by atoms with E-state index in [1.165, 1.54) is 17.0 Å². The largest absolute Gasteiger partial charge is 0.508 e. The number of halogens is 1. The van der Waals surface area contributed by atoms with Gasteiger partial charge in [-0.1, -0.05) is 41.4 Å². The number of primary amides is 1. The molecule has 4 aliphatic rings. The molecule has 6 amide bonds. The normalized spacial score (nSPS) is 32.2. The fraction of sp³-hybridized carbons (Fsp3) is 0.321. The Morgan fingerprint density at radius 2 is 1.74 bits per heavy atom. The van der Waals surface area contributed by atoms with Gasteiger partial charge in [-0.25, -0.2) is 9.69 Å². The Kier molecular flexibility index (Phi) is 5.30. The minimum Gasteiger partial charge on any atom is -0.508 e. The molecule has 9 nitrogen and oxygen atoms in total. The molecular formula is C28H24ClN3O6. The zero-order valence-electron chi connectivity index (χ0n) is 20.3. The number of likely N-dealkylation sites (tertiary alicyclic amines) is 1. The summed E-state index contributed by atoms with van der Waals surface area (Å²) in [6.07, 6.45) is 2.10. The van der Waals surface area contributed by atoms with E-state index in [2.05, 4.69) is 0 Å². The number of urea groups is 1.